The summed E-state index contributed by atoms with van der Waals surface area (Å²) >= 11 is 1.65. The monoisotopic (exact) mass is 386 g/mol. The number of nitrogens with one attached hydrogen (secondary N) is 1. The zero-order valence-electron chi connectivity index (χ0n) is 16.3. The highest BCUT2D eigenvalue weighted by Gasteiger charge is 2.10. The highest BCUT2D eigenvalue weighted by molar-refractivity contribution is 7.98. The number of hydrogen-bond donors (Lipinski definition) is 1. The molecular weight excluding hydrogens is 360 g/mol. The normalized spacial score (nSPS) is 11.1. The van der Waals surface area contributed by atoms with E-state index in [9.17, 15) is 0 Å². The predicted octanol–water partition coefficient (Wildman–Crippen LogP) is 4.04. The fourth-order valence-corrected chi connectivity index (χ4v) is 3.61. The molecule has 1 N–H and O–H groups in total. The van der Waals surface area contributed by atoms with Crippen LogP contribution in [0.3, 0.4) is 0 Å². The molecule has 27 heavy (non-hydrogen) atoms. The van der Waals surface area contributed by atoms with Gasteiger partial charge in [-0.2, -0.15) is 0 Å². The average molecular weight is 387 g/mol. The van der Waals surface area contributed by atoms with Crippen LogP contribution >= 0.6 is 11.8 Å². The Morgan fingerprint density at radius 1 is 1.19 bits per heavy atom. The minimum Gasteiger partial charge on any atom is -0.493 e. The van der Waals surface area contributed by atoms with Crippen molar-refractivity contribution in [1.82, 2.24) is 15.0 Å². The van der Waals surface area contributed by atoms with Crippen LogP contribution in [0.1, 0.15) is 17.7 Å². The molecule has 1 aromatic carbocycles. The summed E-state index contributed by atoms with van der Waals surface area (Å²) in [6.07, 6.45) is 2.67. The molecular formula is C20H26N4O2S. The molecule has 0 saturated carbocycles. The van der Waals surface area contributed by atoms with Crippen LogP contribution in [0, 0.1) is 6.92 Å². The first-order chi connectivity index (χ1) is 13.1. The van der Waals surface area contributed by atoms with Crippen LogP contribution in [0.25, 0.3) is 11.0 Å². The van der Waals surface area contributed by atoms with Crippen LogP contribution < -0.4 is 9.64 Å². The van der Waals surface area contributed by atoms with Crippen LogP contribution in [0.15, 0.2) is 35.6 Å². The first kappa shape index (κ1) is 19.5. The summed E-state index contributed by atoms with van der Waals surface area (Å²) in [7, 11) is 5.76. The van der Waals surface area contributed by atoms with Crippen molar-refractivity contribution in [3.8, 4) is 5.75 Å². The van der Waals surface area contributed by atoms with Crippen molar-refractivity contribution in [2.24, 2.45) is 0 Å². The summed E-state index contributed by atoms with van der Waals surface area (Å²) in [5.41, 5.74) is 5.25. The number of ether oxygens (including phenoxy) is 2. The van der Waals surface area contributed by atoms with Crippen LogP contribution in [-0.2, 0) is 10.5 Å². The predicted molar refractivity (Wildman–Crippen MR) is 111 cm³/mol. The van der Waals surface area contributed by atoms with Crippen molar-refractivity contribution in [3.63, 3.8) is 0 Å². The molecule has 0 aliphatic rings. The lowest BCUT2D eigenvalue weighted by Gasteiger charge is -2.11. The molecule has 0 saturated heterocycles. The minimum absolute atomic E-state index is 0.642. The minimum atomic E-state index is 0.642. The fourth-order valence-electron chi connectivity index (χ4n) is 2.70. The SMILES string of the molecule is COCCCOc1ccnc(CSc2nc3cc(N(C)C)ccc3[nH]2)c1C. The summed E-state index contributed by atoms with van der Waals surface area (Å²) < 4.78 is 10.9. The van der Waals surface area contributed by atoms with Crippen LogP contribution in [0.4, 0.5) is 5.69 Å². The highest BCUT2D eigenvalue weighted by Crippen LogP contribution is 2.28. The molecule has 0 bridgehead atoms. The number of fused-ring (bicyclic) bond motifs is 1. The first-order valence-electron chi connectivity index (χ1n) is 8.94. The smallest absolute Gasteiger partial charge is 0.166 e. The van der Waals surface area contributed by atoms with Gasteiger partial charge in [-0.25, -0.2) is 4.98 Å². The molecule has 6 nitrogen and oxygen atoms in total. The number of imidazole rings is 1. The van der Waals surface area contributed by atoms with E-state index in [1.807, 2.05) is 20.2 Å². The second kappa shape index (κ2) is 9.10. The quantitative estimate of drug-likeness (QED) is 0.442. The van der Waals surface area contributed by atoms with Crippen LogP contribution in [0.2, 0.25) is 0 Å². The fraction of sp³-hybridized carbons (Fsp3) is 0.400. The summed E-state index contributed by atoms with van der Waals surface area (Å²) in [6, 6.07) is 8.17. The molecule has 0 unspecified atom stereocenters. The summed E-state index contributed by atoms with van der Waals surface area (Å²) in [6.45, 7) is 3.40. The molecule has 2 aromatic heterocycles. The van der Waals surface area contributed by atoms with Gasteiger partial charge in [0.05, 0.1) is 23.3 Å². The first-order valence-corrected chi connectivity index (χ1v) is 9.93. The number of anilines is 1. The second-order valence-corrected chi connectivity index (χ2v) is 7.47. The Kier molecular flexibility index (Phi) is 6.58. The average Bonchev–Trinajstić information content (AvgIpc) is 3.07. The maximum Gasteiger partial charge on any atom is 0.166 e. The number of benzene rings is 1. The lowest BCUT2D eigenvalue weighted by Crippen LogP contribution is -2.07. The molecule has 0 aliphatic heterocycles. The summed E-state index contributed by atoms with van der Waals surface area (Å²) in [5, 5.41) is 0.897. The molecule has 144 valence electrons. The summed E-state index contributed by atoms with van der Waals surface area (Å²) in [4.78, 5) is 14.7. The van der Waals surface area contributed by atoms with E-state index in [1.165, 1.54) is 0 Å². The van der Waals surface area contributed by atoms with Gasteiger partial charge in [-0.15, -0.1) is 0 Å². The Morgan fingerprint density at radius 2 is 2.04 bits per heavy atom. The van der Waals surface area contributed by atoms with Gasteiger partial charge in [-0.3, -0.25) is 4.98 Å². The molecule has 0 radical (unpaired) electrons. The standard InChI is InChI=1S/C20H26N4O2S/c1-14-18(21-9-8-19(14)26-11-5-10-25-4)13-27-20-22-16-7-6-15(24(2)3)12-17(16)23-20/h6-9,12H,5,10-11,13H2,1-4H3,(H,22,23). The maximum atomic E-state index is 5.86. The van der Waals surface area contributed by atoms with E-state index < -0.39 is 0 Å². The van der Waals surface area contributed by atoms with Gasteiger partial charge in [-0.05, 0) is 31.2 Å². The Hall–Kier alpha value is -2.25. The third kappa shape index (κ3) is 4.93. The topological polar surface area (TPSA) is 63.3 Å². The van der Waals surface area contributed by atoms with Gasteiger partial charge in [-0.1, -0.05) is 11.8 Å². The third-order valence-corrected chi connectivity index (χ3v) is 5.20. The van der Waals surface area contributed by atoms with Crippen molar-refractivity contribution >= 4 is 28.5 Å². The van der Waals surface area contributed by atoms with Crippen molar-refractivity contribution in [3.05, 3.63) is 41.7 Å². The molecule has 0 fully saturated rings. The zero-order valence-corrected chi connectivity index (χ0v) is 17.1. The lowest BCUT2D eigenvalue weighted by molar-refractivity contribution is 0.172. The Bertz CT molecular complexity index is 895. The number of methoxy groups -OCH3 is 1. The number of hydrogen-bond acceptors (Lipinski definition) is 6. The van der Waals surface area contributed by atoms with E-state index in [1.54, 1.807) is 25.1 Å². The Labute approximate surface area is 164 Å². The van der Waals surface area contributed by atoms with Gasteiger partial charge < -0.3 is 19.4 Å². The van der Waals surface area contributed by atoms with Gasteiger partial charge in [0.25, 0.3) is 0 Å². The van der Waals surface area contributed by atoms with Gasteiger partial charge in [0.2, 0.25) is 0 Å². The number of nitrogens with zero attached hydrogens (tertiary/aromatic N) is 3. The number of thioether (sulfide) groups is 1. The molecule has 7 heteroatoms. The van der Waals surface area contributed by atoms with E-state index in [2.05, 4.69) is 40.0 Å². The second-order valence-electron chi connectivity index (χ2n) is 6.50. The third-order valence-electron chi connectivity index (χ3n) is 4.32. The number of aromatic nitrogens is 3. The van der Waals surface area contributed by atoms with Gasteiger partial charge in [0.1, 0.15) is 5.75 Å². The highest BCUT2D eigenvalue weighted by atomic mass is 32.2. The number of aromatic amines is 1. The molecule has 0 spiro atoms. The molecule has 0 aliphatic carbocycles. The van der Waals surface area contributed by atoms with E-state index in [-0.39, 0.29) is 0 Å². The van der Waals surface area contributed by atoms with Crippen LogP contribution in [0.5, 0.6) is 5.75 Å². The lowest BCUT2D eigenvalue weighted by atomic mass is 10.2. The van der Waals surface area contributed by atoms with E-state index in [0.29, 0.717) is 13.2 Å². The van der Waals surface area contributed by atoms with E-state index >= 15 is 0 Å². The number of H-pyrrole nitrogens is 1. The molecule has 2 heterocycles. The van der Waals surface area contributed by atoms with Crippen molar-refractivity contribution in [2.75, 3.05) is 39.3 Å². The molecule has 0 amide bonds. The van der Waals surface area contributed by atoms with E-state index in [4.69, 9.17) is 14.5 Å². The van der Waals surface area contributed by atoms with Crippen LogP contribution in [-0.4, -0.2) is 49.4 Å². The number of rotatable bonds is 9. The Balaban J connectivity index is 1.66. The largest absolute Gasteiger partial charge is 0.493 e. The number of pyridine rings is 1. The Morgan fingerprint density at radius 3 is 2.81 bits per heavy atom. The van der Waals surface area contributed by atoms with E-state index in [0.717, 1.165) is 51.1 Å². The van der Waals surface area contributed by atoms with Gasteiger partial charge >= 0.3 is 0 Å². The van der Waals surface area contributed by atoms with Gasteiger partial charge in [0.15, 0.2) is 5.16 Å². The molecule has 3 rings (SSSR count). The molecule has 3 aromatic rings. The zero-order chi connectivity index (χ0) is 19.2. The molecule has 0 atom stereocenters. The van der Waals surface area contributed by atoms with Gasteiger partial charge in [0, 0.05) is 57.4 Å². The van der Waals surface area contributed by atoms with Crippen molar-refractivity contribution < 1.29 is 9.47 Å². The maximum absolute atomic E-state index is 5.86. The van der Waals surface area contributed by atoms with Crippen molar-refractivity contribution in [1.29, 1.82) is 0 Å². The van der Waals surface area contributed by atoms with Crippen molar-refractivity contribution in [2.45, 2.75) is 24.3 Å². The summed E-state index contributed by atoms with van der Waals surface area (Å²) in [5.74, 6) is 1.62.